The van der Waals surface area contributed by atoms with Gasteiger partial charge in [-0.1, -0.05) is 42.5 Å². The number of amides is 1. The molecule has 1 heterocycles. The topological polar surface area (TPSA) is 20.3 Å². The molecule has 0 spiro atoms. The van der Waals surface area contributed by atoms with Gasteiger partial charge in [-0.15, -0.1) is 0 Å². The molecule has 1 amide bonds. The third-order valence-electron chi connectivity index (χ3n) is 4.57. The summed E-state index contributed by atoms with van der Waals surface area (Å²) in [6, 6.07) is 24.0. The van der Waals surface area contributed by atoms with Crippen LogP contribution in [0.15, 0.2) is 78.9 Å². The fraction of sp³-hybridized carbons (Fsp3) is 0.0952. The maximum absolute atomic E-state index is 13.4. The Bertz CT molecular complexity index is 893. The summed E-state index contributed by atoms with van der Waals surface area (Å²) in [6.45, 7) is 0. The van der Waals surface area contributed by atoms with Crippen molar-refractivity contribution < 1.29 is 9.18 Å². The van der Waals surface area contributed by atoms with E-state index < -0.39 is 0 Å². The first-order chi connectivity index (χ1) is 12.1. The van der Waals surface area contributed by atoms with Crippen molar-refractivity contribution >= 4 is 34.2 Å². The highest BCUT2D eigenvalue weighted by Crippen LogP contribution is 2.48. The van der Waals surface area contributed by atoms with Gasteiger partial charge in [-0.2, -0.15) is 0 Å². The van der Waals surface area contributed by atoms with E-state index in [1.54, 1.807) is 17.0 Å². The summed E-state index contributed by atoms with van der Waals surface area (Å²) in [6.07, 6.45) is 0. The second-order valence-electron chi connectivity index (χ2n) is 6.07. The zero-order valence-corrected chi connectivity index (χ0v) is 15.4. The van der Waals surface area contributed by atoms with Crippen LogP contribution in [0.3, 0.4) is 0 Å². The molecule has 0 radical (unpaired) electrons. The van der Waals surface area contributed by atoms with Crippen molar-refractivity contribution in [1.82, 2.24) is 0 Å². The van der Waals surface area contributed by atoms with Gasteiger partial charge in [-0.05, 0) is 70.1 Å². The maximum atomic E-state index is 13.4. The van der Waals surface area contributed by atoms with E-state index >= 15 is 0 Å². The standard InChI is InChI=1S/C21H15FINO/c22-16-8-6-15(7-9-16)20-19(14-4-2-1-3-5-14)21(25)24(20)18-12-10-17(23)11-13-18/h1-13,19-20H. The monoisotopic (exact) mass is 443 g/mol. The molecule has 3 aromatic carbocycles. The molecule has 3 aromatic rings. The van der Waals surface area contributed by atoms with E-state index in [1.165, 1.54) is 12.1 Å². The van der Waals surface area contributed by atoms with Crippen LogP contribution in [0.5, 0.6) is 0 Å². The molecule has 25 heavy (non-hydrogen) atoms. The molecule has 2 atom stereocenters. The predicted octanol–water partition coefficient (Wildman–Crippen LogP) is 5.30. The minimum atomic E-state index is -0.272. The molecule has 2 nitrogen and oxygen atoms in total. The lowest BCUT2D eigenvalue weighted by molar-refractivity contribution is -0.126. The van der Waals surface area contributed by atoms with Crippen molar-refractivity contribution in [2.75, 3.05) is 4.90 Å². The molecule has 0 saturated carbocycles. The summed E-state index contributed by atoms with van der Waals surface area (Å²) in [4.78, 5) is 14.8. The Labute approximate surface area is 159 Å². The van der Waals surface area contributed by atoms with E-state index in [4.69, 9.17) is 0 Å². The molecule has 2 unspecified atom stereocenters. The van der Waals surface area contributed by atoms with Gasteiger partial charge in [0.2, 0.25) is 5.91 Å². The highest BCUT2D eigenvalue weighted by molar-refractivity contribution is 14.1. The van der Waals surface area contributed by atoms with Crippen LogP contribution in [-0.4, -0.2) is 5.91 Å². The SMILES string of the molecule is O=C1C(c2ccccc2)C(c2ccc(F)cc2)N1c1ccc(I)cc1. The van der Waals surface area contributed by atoms with Crippen molar-refractivity contribution in [2.24, 2.45) is 0 Å². The zero-order chi connectivity index (χ0) is 17.4. The van der Waals surface area contributed by atoms with Crippen LogP contribution < -0.4 is 4.90 Å². The number of nitrogens with zero attached hydrogens (tertiary/aromatic N) is 1. The minimum absolute atomic E-state index is 0.0710. The van der Waals surface area contributed by atoms with Crippen LogP contribution in [-0.2, 0) is 4.79 Å². The van der Waals surface area contributed by atoms with Gasteiger partial charge in [0.1, 0.15) is 5.82 Å². The summed E-state index contributed by atoms with van der Waals surface area (Å²) in [7, 11) is 0. The maximum Gasteiger partial charge on any atom is 0.237 e. The highest BCUT2D eigenvalue weighted by atomic mass is 127. The van der Waals surface area contributed by atoms with Crippen LogP contribution >= 0.6 is 22.6 Å². The molecule has 1 fully saturated rings. The number of benzene rings is 3. The molecular weight excluding hydrogens is 428 g/mol. The first-order valence-corrected chi connectivity index (χ1v) is 9.12. The van der Waals surface area contributed by atoms with Crippen molar-refractivity contribution in [2.45, 2.75) is 12.0 Å². The lowest BCUT2D eigenvalue weighted by Crippen LogP contribution is -2.53. The summed E-state index contributed by atoms with van der Waals surface area (Å²) in [5.74, 6) is -0.445. The Kier molecular flexibility index (Phi) is 4.29. The molecule has 1 aliphatic heterocycles. The van der Waals surface area contributed by atoms with E-state index in [0.717, 1.165) is 20.4 Å². The number of anilines is 1. The molecule has 0 N–H and O–H groups in total. The van der Waals surface area contributed by atoms with Gasteiger partial charge in [-0.3, -0.25) is 4.79 Å². The third kappa shape index (κ3) is 2.95. The number of hydrogen-bond donors (Lipinski definition) is 0. The lowest BCUT2D eigenvalue weighted by Gasteiger charge is -2.47. The predicted molar refractivity (Wildman–Crippen MR) is 105 cm³/mol. The Morgan fingerprint density at radius 1 is 0.800 bits per heavy atom. The van der Waals surface area contributed by atoms with E-state index in [-0.39, 0.29) is 23.7 Å². The van der Waals surface area contributed by atoms with Gasteiger partial charge in [0.25, 0.3) is 0 Å². The first kappa shape index (κ1) is 16.3. The van der Waals surface area contributed by atoms with Crippen LogP contribution in [0.4, 0.5) is 10.1 Å². The molecule has 0 bridgehead atoms. The van der Waals surface area contributed by atoms with E-state index in [2.05, 4.69) is 22.6 Å². The average molecular weight is 443 g/mol. The largest absolute Gasteiger partial charge is 0.303 e. The van der Waals surface area contributed by atoms with Gasteiger partial charge in [0.05, 0.1) is 12.0 Å². The molecule has 4 rings (SSSR count). The summed E-state index contributed by atoms with van der Waals surface area (Å²) >= 11 is 2.24. The number of halogens is 2. The first-order valence-electron chi connectivity index (χ1n) is 8.04. The molecular formula is C21H15FINO. The molecule has 1 saturated heterocycles. The molecule has 4 heteroatoms. The molecule has 0 aliphatic carbocycles. The number of β-lactam (4-membered cyclic amide) rings is 1. The minimum Gasteiger partial charge on any atom is -0.303 e. The van der Waals surface area contributed by atoms with Crippen molar-refractivity contribution in [3.63, 3.8) is 0 Å². The second kappa shape index (κ2) is 6.59. The van der Waals surface area contributed by atoms with Crippen molar-refractivity contribution in [3.05, 3.63) is 99.4 Å². The molecule has 1 aliphatic rings. The normalized spacial score (nSPS) is 19.6. The second-order valence-corrected chi connectivity index (χ2v) is 7.32. The lowest BCUT2D eigenvalue weighted by atomic mass is 9.77. The number of hydrogen-bond acceptors (Lipinski definition) is 1. The van der Waals surface area contributed by atoms with Crippen LogP contribution in [0, 0.1) is 9.39 Å². The third-order valence-corrected chi connectivity index (χ3v) is 5.29. The smallest absolute Gasteiger partial charge is 0.237 e. The average Bonchev–Trinajstić information content (AvgIpc) is 2.63. The summed E-state index contributed by atoms with van der Waals surface area (Å²) in [5, 5.41) is 0. The van der Waals surface area contributed by atoms with Gasteiger partial charge in [0, 0.05) is 9.26 Å². The van der Waals surface area contributed by atoms with Crippen molar-refractivity contribution in [3.8, 4) is 0 Å². The summed E-state index contributed by atoms with van der Waals surface area (Å²) in [5.41, 5.74) is 2.80. The summed E-state index contributed by atoms with van der Waals surface area (Å²) < 4.78 is 14.5. The Balaban J connectivity index is 1.77. The van der Waals surface area contributed by atoms with E-state index in [9.17, 15) is 9.18 Å². The van der Waals surface area contributed by atoms with Crippen molar-refractivity contribution in [1.29, 1.82) is 0 Å². The Hall–Kier alpha value is -2.21. The van der Waals surface area contributed by atoms with Gasteiger partial charge in [0.15, 0.2) is 0 Å². The molecule has 124 valence electrons. The quantitative estimate of drug-likeness (QED) is 0.398. The number of rotatable bonds is 3. The van der Waals surface area contributed by atoms with Crippen LogP contribution in [0.1, 0.15) is 23.1 Å². The van der Waals surface area contributed by atoms with E-state index in [0.29, 0.717) is 0 Å². The number of carbonyl (C=O) groups excluding carboxylic acids is 1. The van der Waals surface area contributed by atoms with Crippen LogP contribution in [0.2, 0.25) is 0 Å². The zero-order valence-electron chi connectivity index (χ0n) is 13.3. The highest BCUT2D eigenvalue weighted by Gasteiger charge is 2.49. The Morgan fingerprint density at radius 3 is 2.08 bits per heavy atom. The van der Waals surface area contributed by atoms with Gasteiger partial charge < -0.3 is 4.90 Å². The fourth-order valence-corrected chi connectivity index (χ4v) is 3.72. The Morgan fingerprint density at radius 2 is 1.44 bits per heavy atom. The van der Waals surface area contributed by atoms with Gasteiger partial charge >= 0.3 is 0 Å². The van der Waals surface area contributed by atoms with Crippen LogP contribution in [0.25, 0.3) is 0 Å². The number of carbonyl (C=O) groups is 1. The fourth-order valence-electron chi connectivity index (χ4n) is 3.37. The van der Waals surface area contributed by atoms with E-state index in [1.807, 2.05) is 54.6 Å². The molecule has 0 aromatic heterocycles. The van der Waals surface area contributed by atoms with Gasteiger partial charge in [-0.25, -0.2) is 4.39 Å².